The van der Waals surface area contributed by atoms with E-state index in [9.17, 15) is 4.79 Å². The molecule has 0 saturated heterocycles. The fraction of sp³-hybridized carbons (Fsp3) is 0.941. The zero-order valence-corrected chi connectivity index (χ0v) is 13.3. The Hall–Kier alpha value is -0.570. The van der Waals surface area contributed by atoms with Crippen LogP contribution in [0.5, 0.6) is 0 Å². The normalized spacial score (nSPS) is 29.9. The maximum atomic E-state index is 12.5. The maximum Gasteiger partial charge on any atom is 0.222 e. The van der Waals surface area contributed by atoms with Crippen LogP contribution in [0.3, 0.4) is 0 Å². The summed E-state index contributed by atoms with van der Waals surface area (Å²) < 4.78 is 0. The van der Waals surface area contributed by atoms with E-state index in [-0.39, 0.29) is 11.4 Å². The topological polar surface area (TPSA) is 41.1 Å². The van der Waals surface area contributed by atoms with E-state index in [1.54, 1.807) is 0 Å². The third-order valence-electron chi connectivity index (χ3n) is 5.62. The average Bonchev–Trinajstić information content (AvgIpc) is 2.48. The van der Waals surface area contributed by atoms with Crippen molar-refractivity contribution < 1.29 is 4.79 Å². The number of hydrogen-bond donors (Lipinski definition) is 2. The van der Waals surface area contributed by atoms with Gasteiger partial charge in [-0.3, -0.25) is 4.79 Å². The minimum atomic E-state index is 0.0682. The predicted octanol–water partition coefficient (Wildman–Crippen LogP) is 3.38. The molecular formula is C17H32N2O. The Morgan fingerprint density at radius 3 is 2.45 bits per heavy atom. The fourth-order valence-electron chi connectivity index (χ4n) is 4.20. The molecule has 2 N–H and O–H groups in total. The van der Waals surface area contributed by atoms with E-state index in [2.05, 4.69) is 17.6 Å². The van der Waals surface area contributed by atoms with Gasteiger partial charge >= 0.3 is 0 Å². The molecule has 2 rings (SSSR count). The van der Waals surface area contributed by atoms with Crippen LogP contribution in [-0.4, -0.2) is 24.5 Å². The molecule has 2 atom stereocenters. The number of amides is 1. The molecule has 2 saturated carbocycles. The van der Waals surface area contributed by atoms with Crippen molar-refractivity contribution in [3.8, 4) is 0 Å². The van der Waals surface area contributed by atoms with Crippen molar-refractivity contribution in [3.63, 3.8) is 0 Å². The molecular weight excluding hydrogens is 248 g/mol. The lowest BCUT2D eigenvalue weighted by molar-refractivity contribution is -0.124. The molecule has 0 spiro atoms. The van der Waals surface area contributed by atoms with Crippen LogP contribution in [0.25, 0.3) is 0 Å². The Morgan fingerprint density at radius 2 is 1.80 bits per heavy atom. The van der Waals surface area contributed by atoms with Gasteiger partial charge in [0.25, 0.3) is 0 Å². The molecule has 116 valence electrons. The highest BCUT2D eigenvalue weighted by Gasteiger charge is 2.34. The van der Waals surface area contributed by atoms with E-state index in [4.69, 9.17) is 0 Å². The number of carbonyl (C=O) groups excluding carboxylic acids is 1. The van der Waals surface area contributed by atoms with Crippen LogP contribution in [0.1, 0.15) is 77.6 Å². The SMILES string of the molecule is CCC1CCCCC1NC(=O)CC1(NC)CCCCC1. The van der Waals surface area contributed by atoms with Gasteiger partial charge in [-0.05, 0) is 38.6 Å². The van der Waals surface area contributed by atoms with Gasteiger partial charge in [0.2, 0.25) is 5.91 Å². The summed E-state index contributed by atoms with van der Waals surface area (Å²) in [5.74, 6) is 0.969. The molecule has 3 heteroatoms. The number of carbonyl (C=O) groups is 1. The first kappa shape index (κ1) is 15.8. The lowest BCUT2D eigenvalue weighted by Gasteiger charge is -2.38. The summed E-state index contributed by atoms with van der Waals surface area (Å²) in [6.07, 6.45) is 13.1. The monoisotopic (exact) mass is 280 g/mol. The minimum absolute atomic E-state index is 0.0682. The highest BCUT2D eigenvalue weighted by atomic mass is 16.1. The van der Waals surface area contributed by atoms with Crippen LogP contribution in [0.4, 0.5) is 0 Å². The Morgan fingerprint density at radius 1 is 1.10 bits per heavy atom. The molecule has 0 bridgehead atoms. The quantitative estimate of drug-likeness (QED) is 0.810. The van der Waals surface area contributed by atoms with Gasteiger partial charge < -0.3 is 10.6 Å². The van der Waals surface area contributed by atoms with E-state index in [1.165, 1.54) is 51.4 Å². The third-order valence-corrected chi connectivity index (χ3v) is 5.62. The average molecular weight is 280 g/mol. The van der Waals surface area contributed by atoms with Crippen molar-refractivity contribution >= 4 is 5.91 Å². The molecule has 2 unspecified atom stereocenters. The lowest BCUT2D eigenvalue weighted by atomic mass is 9.78. The van der Waals surface area contributed by atoms with Crippen LogP contribution < -0.4 is 10.6 Å². The van der Waals surface area contributed by atoms with Gasteiger partial charge in [-0.2, -0.15) is 0 Å². The van der Waals surface area contributed by atoms with Gasteiger partial charge in [0.15, 0.2) is 0 Å². The van der Waals surface area contributed by atoms with Crippen molar-refractivity contribution in [2.45, 2.75) is 89.1 Å². The molecule has 1 amide bonds. The molecule has 0 radical (unpaired) electrons. The zero-order valence-electron chi connectivity index (χ0n) is 13.3. The third kappa shape index (κ3) is 3.97. The van der Waals surface area contributed by atoms with Gasteiger partial charge in [0, 0.05) is 18.0 Å². The van der Waals surface area contributed by atoms with E-state index in [1.807, 2.05) is 7.05 Å². The standard InChI is InChI=1S/C17H32N2O/c1-3-14-9-5-6-10-15(14)19-16(20)13-17(18-2)11-7-4-8-12-17/h14-15,18H,3-13H2,1-2H3,(H,19,20). The van der Waals surface area contributed by atoms with Crippen LogP contribution in [0.2, 0.25) is 0 Å². The lowest BCUT2D eigenvalue weighted by Crippen LogP contribution is -2.50. The number of nitrogens with one attached hydrogen (secondary N) is 2. The summed E-state index contributed by atoms with van der Waals surface area (Å²) in [6, 6.07) is 0.429. The van der Waals surface area contributed by atoms with Crippen LogP contribution in [-0.2, 0) is 4.79 Å². The summed E-state index contributed by atoms with van der Waals surface area (Å²) in [5, 5.41) is 6.80. The smallest absolute Gasteiger partial charge is 0.222 e. The summed E-state index contributed by atoms with van der Waals surface area (Å²) >= 11 is 0. The molecule has 20 heavy (non-hydrogen) atoms. The second-order valence-corrected chi connectivity index (χ2v) is 6.89. The zero-order chi connectivity index (χ0) is 14.4. The van der Waals surface area contributed by atoms with Crippen molar-refractivity contribution in [2.24, 2.45) is 5.92 Å². The molecule has 0 aromatic carbocycles. The van der Waals surface area contributed by atoms with Gasteiger partial charge in [-0.15, -0.1) is 0 Å². The largest absolute Gasteiger partial charge is 0.353 e. The van der Waals surface area contributed by atoms with Crippen LogP contribution >= 0.6 is 0 Å². The van der Waals surface area contributed by atoms with Gasteiger partial charge in [0.05, 0.1) is 0 Å². The van der Waals surface area contributed by atoms with Gasteiger partial charge in [-0.1, -0.05) is 45.4 Å². The van der Waals surface area contributed by atoms with Crippen molar-refractivity contribution in [2.75, 3.05) is 7.05 Å². The van der Waals surface area contributed by atoms with Crippen LogP contribution in [0.15, 0.2) is 0 Å². The maximum absolute atomic E-state index is 12.5. The molecule has 3 nitrogen and oxygen atoms in total. The number of hydrogen-bond acceptors (Lipinski definition) is 2. The predicted molar refractivity (Wildman–Crippen MR) is 83.7 cm³/mol. The highest BCUT2D eigenvalue weighted by Crippen LogP contribution is 2.31. The molecule has 2 aliphatic rings. The fourth-order valence-corrected chi connectivity index (χ4v) is 4.20. The molecule has 0 aliphatic heterocycles. The first-order valence-electron chi connectivity index (χ1n) is 8.67. The van der Waals surface area contributed by atoms with E-state index < -0.39 is 0 Å². The van der Waals surface area contributed by atoms with Crippen molar-refractivity contribution in [3.05, 3.63) is 0 Å². The number of rotatable bonds is 5. The molecule has 0 aromatic heterocycles. The Balaban J connectivity index is 1.87. The first-order valence-corrected chi connectivity index (χ1v) is 8.67. The summed E-state index contributed by atoms with van der Waals surface area (Å²) in [4.78, 5) is 12.5. The Labute approximate surface area is 124 Å². The second-order valence-electron chi connectivity index (χ2n) is 6.89. The molecule has 0 aromatic rings. The molecule has 2 fully saturated rings. The summed E-state index contributed by atoms with van der Waals surface area (Å²) in [7, 11) is 2.02. The van der Waals surface area contributed by atoms with Crippen molar-refractivity contribution in [1.29, 1.82) is 0 Å². The highest BCUT2D eigenvalue weighted by molar-refractivity contribution is 5.77. The molecule has 0 heterocycles. The van der Waals surface area contributed by atoms with Crippen molar-refractivity contribution in [1.82, 2.24) is 10.6 Å². The Bertz CT molecular complexity index is 310. The van der Waals surface area contributed by atoms with Crippen LogP contribution in [0, 0.1) is 5.92 Å². The van der Waals surface area contributed by atoms with Gasteiger partial charge in [-0.25, -0.2) is 0 Å². The van der Waals surface area contributed by atoms with E-state index in [0.29, 0.717) is 18.4 Å². The van der Waals surface area contributed by atoms with E-state index >= 15 is 0 Å². The van der Waals surface area contributed by atoms with E-state index in [0.717, 1.165) is 12.8 Å². The Kier molecular flexibility index (Phi) is 5.88. The minimum Gasteiger partial charge on any atom is -0.353 e. The second kappa shape index (κ2) is 7.44. The first-order chi connectivity index (χ1) is 9.69. The molecule has 2 aliphatic carbocycles. The van der Waals surface area contributed by atoms with Gasteiger partial charge in [0.1, 0.15) is 0 Å². The summed E-state index contributed by atoms with van der Waals surface area (Å²) in [6.45, 7) is 2.26. The summed E-state index contributed by atoms with van der Waals surface area (Å²) in [5.41, 5.74) is 0.0682.